The van der Waals surface area contributed by atoms with Gasteiger partial charge in [-0.25, -0.2) is 0 Å². The van der Waals surface area contributed by atoms with E-state index < -0.39 is 0 Å². The first kappa shape index (κ1) is 10.1. The summed E-state index contributed by atoms with van der Waals surface area (Å²) in [5.41, 5.74) is 6.35. The van der Waals surface area contributed by atoms with E-state index in [0.717, 1.165) is 12.0 Å². The van der Waals surface area contributed by atoms with E-state index in [0.29, 0.717) is 0 Å². The fraction of sp³-hybridized carbons (Fsp3) is 0.0588. The van der Waals surface area contributed by atoms with Crippen LogP contribution in [0, 0.1) is 0 Å². The number of allylic oxidation sites excluding steroid dienone is 3. The van der Waals surface area contributed by atoms with Crippen LogP contribution >= 0.6 is 0 Å². The van der Waals surface area contributed by atoms with Crippen LogP contribution in [0.25, 0.3) is 11.1 Å². The molecule has 0 fully saturated rings. The quantitative estimate of drug-likeness (QED) is 0.703. The number of rotatable bonds is 2. The Kier molecular flexibility index (Phi) is 2.41. The Hall–Kier alpha value is -2.08. The van der Waals surface area contributed by atoms with Crippen molar-refractivity contribution in [2.45, 2.75) is 6.42 Å². The third kappa shape index (κ3) is 1.72. The molecule has 0 bridgehead atoms. The summed E-state index contributed by atoms with van der Waals surface area (Å²) >= 11 is 0. The minimum absolute atomic E-state index is 1.03. The highest BCUT2D eigenvalue weighted by atomic mass is 14.2. The van der Waals surface area contributed by atoms with Gasteiger partial charge < -0.3 is 0 Å². The lowest BCUT2D eigenvalue weighted by atomic mass is 9.95. The second-order valence-corrected chi connectivity index (χ2v) is 4.32. The predicted octanol–water partition coefficient (Wildman–Crippen LogP) is 4.34. The second-order valence-electron chi connectivity index (χ2n) is 4.32. The highest BCUT2D eigenvalue weighted by molar-refractivity contribution is 6.06. The van der Waals surface area contributed by atoms with Crippen molar-refractivity contribution < 1.29 is 0 Å². The topological polar surface area (TPSA) is 0 Å². The van der Waals surface area contributed by atoms with Crippen molar-refractivity contribution in [1.82, 2.24) is 0 Å². The molecule has 0 unspecified atom stereocenters. The molecular formula is C17H14. The summed E-state index contributed by atoms with van der Waals surface area (Å²) in [5, 5.41) is 0. The molecule has 0 atom stereocenters. The summed E-state index contributed by atoms with van der Waals surface area (Å²) in [4.78, 5) is 0. The molecule has 82 valence electrons. The molecule has 0 N–H and O–H groups in total. The number of hydrogen-bond donors (Lipinski definition) is 0. The fourth-order valence-corrected chi connectivity index (χ4v) is 2.36. The van der Waals surface area contributed by atoms with Crippen LogP contribution in [0.15, 0.2) is 67.3 Å². The van der Waals surface area contributed by atoms with Crippen LogP contribution in [0.4, 0.5) is 0 Å². The van der Waals surface area contributed by atoms with Crippen LogP contribution in [0.3, 0.4) is 0 Å². The Morgan fingerprint density at radius 1 is 0.882 bits per heavy atom. The zero-order chi connectivity index (χ0) is 11.7. The molecule has 1 aliphatic rings. The maximum absolute atomic E-state index is 4.24. The maximum Gasteiger partial charge on any atom is -0.00819 e. The van der Waals surface area contributed by atoms with E-state index in [1.807, 2.05) is 6.07 Å². The Morgan fingerprint density at radius 2 is 1.59 bits per heavy atom. The van der Waals surface area contributed by atoms with E-state index in [1.54, 1.807) is 0 Å². The van der Waals surface area contributed by atoms with E-state index in [9.17, 15) is 0 Å². The van der Waals surface area contributed by atoms with Gasteiger partial charge >= 0.3 is 0 Å². The Bertz CT molecular complexity index is 588. The van der Waals surface area contributed by atoms with E-state index in [1.165, 1.54) is 22.3 Å². The van der Waals surface area contributed by atoms with Gasteiger partial charge in [-0.05, 0) is 34.3 Å². The number of hydrogen-bond acceptors (Lipinski definition) is 0. The zero-order valence-corrected chi connectivity index (χ0v) is 9.69. The van der Waals surface area contributed by atoms with Crippen molar-refractivity contribution in [2.75, 3.05) is 0 Å². The van der Waals surface area contributed by atoms with Crippen molar-refractivity contribution in [1.29, 1.82) is 0 Å². The summed E-state index contributed by atoms with van der Waals surface area (Å²) in [6.07, 6.45) is 3.30. The minimum Gasteiger partial charge on any atom is -0.0905 e. The van der Waals surface area contributed by atoms with Gasteiger partial charge in [0.25, 0.3) is 0 Å². The molecule has 17 heavy (non-hydrogen) atoms. The lowest BCUT2D eigenvalue weighted by Crippen LogP contribution is -1.87. The molecule has 0 saturated heterocycles. The van der Waals surface area contributed by atoms with E-state index in [-0.39, 0.29) is 0 Å². The van der Waals surface area contributed by atoms with Crippen LogP contribution in [0.2, 0.25) is 0 Å². The van der Waals surface area contributed by atoms with E-state index in [2.05, 4.69) is 61.2 Å². The van der Waals surface area contributed by atoms with Gasteiger partial charge in [-0.3, -0.25) is 0 Å². The summed E-state index contributed by atoms with van der Waals surface area (Å²) in [7, 11) is 0. The normalized spacial score (nSPS) is 13.1. The highest BCUT2D eigenvalue weighted by Gasteiger charge is 2.16. The second kappa shape index (κ2) is 4.06. The summed E-state index contributed by atoms with van der Waals surface area (Å²) in [6, 6.07) is 18.9. The fourth-order valence-electron chi connectivity index (χ4n) is 2.36. The van der Waals surface area contributed by atoms with Crippen LogP contribution in [-0.4, -0.2) is 0 Å². The molecule has 0 aromatic heterocycles. The van der Waals surface area contributed by atoms with Gasteiger partial charge in [0.2, 0.25) is 0 Å². The minimum atomic E-state index is 1.03. The molecule has 0 amide bonds. The van der Waals surface area contributed by atoms with Crippen LogP contribution in [0.5, 0.6) is 0 Å². The van der Waals surface area contributed by atoms with Gasteiger partial charge in [0.1, 0.15) is 0 Å². The van der Waals surface area contributed by atoms with Crippen LogP contribution < -0.4 is 0 Å². The first-order valence-electron chi connectivity index (χ1n) is 5.89. The molecule has 0 spiro atoms. The molecule has 3 rings (SSSR count). The van der Waals surface area contributed by atoms with Gasteiger partial charge in [-0.15, -0.1) is 0 Å². The van der Waals surface area contributed by atoms with Crippen LogP contribution in [0.1, 0.15) is 16.7 Å². The molecule has 1 aliphatic carbocycles. The van der Waals surface area contributed by atoms with Gasteiger partial charge in [0, 0.05) is 0 Å². The lowest BCUT2D eigenvalue weighted by molar-refractivity contribution is 1.31. The largest absolute Gasteiger partial charge is 0.0905 e. The molecule has 2 aromatic rings. The molecule has 0 heteroatoms. The van der Waals surface area contributed by atoms with E-state index in [4.69, 9.17) is 0 Å². The lowest BCUT2D eigenvalue weighted by Gasteiger charge is -2.09. The number of benzene rings is 2. The average Bonchev–Trinajstić information content (AvgIpc) is 2.83. The highest BCUT2D eigenvalue weighted by Crippen LogP contribution is 2.36. The molecular weight excluding hydrogens is 204 g/mol. The van der Waals surface area contributed by atoms with E-state index >= 15 is 0 Å². The van der Waals surface area contributed by atoms with Gasteiger partial charge in [0.05, 0.1) is 0 Å². The molecule has 0 radical (unpaired) electrons. The third-order valence-electron chi connectivity index (χ3n) is 3.28. The summed E-state index contributed by atoms with van der Waals surface area (Å²) in [6.45, 7) is 4.24. The van der Waals surface area contributed by atoms with Crippen molar-refractivity contribution in [3.8, 4) is 0 Å². The first-order valence-corrected chi connectivity index (χ1v) is 5.89. The van der Waals surface area contributed by atoms with Gasteiger partial charge in [0.15, 0.2) is 0 Å². The zero-order valence-electron chi connectivity index (χ0n) is 9.69. The Balaban J connectivity index is 2.01. The third-order valence-corrected chi connectivity index (χ3v) is 3.28. The van der Waals surface area contributed by atoms with Crippen molar-refractivity contribution in [3.05, 3.63) is 83.9 Å². The molecule has 2 aromatic carbocycles. The van der Waals surface area contributed by atoms with Gasteiger partial charge in [-0.2, -0.15) is 0 Å². The monoisotopic (exact) mass is 218 g/mol. The Morgan fingerprint density at radius 3 is 2.41 bits per heavy atom. The molecule has 0 heterocycles. The maximum atomic E-state index is 4.24. The van der Waals surface area contributed by atoms with Crippen molar-refractivity contribution in [3.63, 3.8) is 0 Å². The van der Waals surface area contributed by atoms with Crippen molar-refractivity contribution >= 4 is 11.1 Å². The molecule has 0 aliphatic heterocycles. The molecule has 0 nitrogen and oxygen atoms in total. The van der Waals surface area contributed by atoms with Gasteiger partial charge in [-0.1, -0.05) is 67.3 Å². The predicted molar refractivity (Wildman–Crippen MR) is 73.6 cm³/mol. The SMILES string of the molecule is C=C(C1=CCc2ccccc21)c1ccccc1. The standard InChI is InChI=1S/C17H14/c1-13(14-7-3-2-4-8-14)16-12-11-15-9-5-6-10-17(15)16/h2-10,12H,1,11H2. The average molecular weight is 218 g/mol. The molecule has 0 saturated carbocycles. The summed E-state index contributed by atoms with van der Waals surface area (Å²) in [5.74, 6) is 0. The Labute approximate surface area is 102 Å². The van der Waals surface area contributed by atoms with Crippen molar-refractivity contribution in [2.24, 2.45) is 0 Å². The van der Waals surface area contributed by atoms with Crippen LogP contribution in [-0.2, 0) is 6.42 Å². The summed E-state index contributed by atoms with van der Waals surface area (Å²) < 4.78 is 0. The smallest absolute Gasteiger partial charge is 0.00819 e. The number of fused-ring (bicyclic) bond motifs is 1. The first-order chi connectivity index (χ1) is 8.36.